The van der Waals surface area contributed by atoms with Crippen LogP contribution in [-0.2, 0) is 4.79 Å². The molecule has 0 heterocycles. The van der Waals surface area contributed by atoms with Crippen molar-refractivity contribution in [3.63, 3.8) is 0 Å². The van der Waals surface area contributed by atoms with E-state index in [4.69, 9.17) is 15.6 Å². The molecule has 0 amide bonds. The quantitative estimate of drug-likeness (QED) is 0.277. The Kier molecular flexibility index (Phi) is 9.57. The second-order valence-corrected chi connectivity index (χ2v) is 8.31. The molecule has 0 fully saturated rings. The Hall–Kier alpha value is 0.660. The topological polar surface area (TPSA) is 95.6 Å². The monoisotopic (exact) mass is 673 g/mol. The summed E-state index contributed by atoms with van der Waals surface area (Å²) in [7, 11) is 0. The van der Waals surface area contributed by atoms with Gasteiger partial charge in [-0.3, -0.25) is 4.79 Å². The molecule has 0 aliphatic rings. The molecule has 3 N–H and O–H groups in total. The predicted molar refractivity (Wildman–Crippen MR) is 110 cm³/mol. The number of carboxylic acids is 1. The number of nitrogens with two attached hydrogens (primary N) is 1. The van der Waals surface area contributed by atoms with Crippen molar-refractivity contribution in [2.75, 3.05) is 0 Å². The number of aliphatic carboxylic acids is 1. The summed E-state index contributed by atoms with van der Waals surface area (Å²) in [5.41, 5.74) is 6.57. The van der Waals surface area contributed by atoms with Crippen LogP contribution in [0.25, 0.3) is 0 Å². The summed E-state index contributed by atoms with van der Waals surface area (Å²) in [6.45, 7) is 0. The van der Waals surface area contributed by atoms with E-state index in [2.05, 4.69) is 45.2 Å². The second kappa shape index (κ2) is 10.1. The third kappa shape index (κ3) is 5.84. The van der Waals surface area contributed by atoms with E-state index in [-0.39, 0.29) is 39.2 Å². The Morgan fingerprint density at radius 1 is 1.17 bits per heavy atom. The maximum absolute atomic E-state index is 11.1. The summed E-state index contributed by atoms with van der Waals surface area (Å²) in [6.07, 6.45) is 0. The summed E-state index contributed by atoms with van der Waals surface area (Å²) in [5, 5.41) is 20.2. The molecule has 0 aliphatic carbocycles. The van der Waals surface area contributed by atoms with E-state index in [1.54, 1.807) is 12.1 Å². The van der Waals surface area contributed by atoms with Gasteiger partial charge in [-0.2, -0.15) is 0 Å². The summed E-state index contributed by atoms with van der Waals surface area (Å²) in [4.78, 5) is 11.1. The zero-order valence-electron chi connectivity index (χ0n) is 12.5. The Bertz CT molecular complexity index is 727. The average molecular weight is 673 g/mol. The fourth-order valence-electron chi connectivity index (χ4n) is 1.79. The van der Waals surface area contributed by atoms with Gasteiger partial charge in [0.15, 0.2) is 0 Å². The van der Waals surface area contributed by atoms with Gasteiger partial charge in [0.2, 0.25) is 0 Å². The second-order valence-electron chi connectivity index (χ2n) is 4.64. The van der Waals surface area contributed by atoms with Crippen LogP contribution in [0.3, 0.4) is 0 Å². The SMILES string of the molecule is N[C@H](C(=O)O)[C@@H](I)c1cc(I)c(Oc2ccc([O-])cc2)cc1I.[Na+]. The zero-order valence-corrected chi connectivity index (χ0v) is 21.0. The number of carboxylic acid groups (broad SMARTS) is 1. The van der Waals surface area contributed by atoms with Crippen LogP contribution in [0.5, 0.6) is 17.2 Å². The van der Waals surface area contributed by atoms with Gasteiger partial charge in [0, 0.05) is 3.57 Å². The maximum Gasteiger partial charge on any atom is 1.00 e. The van der Waals surface area contributed by atoms with Crippen molar-refractivity contribution >= 4 is 73.7 Å². The maximum atomic E-state index is 11.1. The van der Waals surface area contributed by atoms with Crippen molar-refractivity contribution in [2.45, 2.75) is 9.97 Å². The molecule has 0 spiro atoms. The minimum Gasteiger partial charge on any atom is -0.872 e. The van der Waals surface area contributed by atoms with Crippen LogP contribution >= 0.6 is 67.8 Å². The Balaban J connectivity index is 0.00000288. The predicted octanol–water partition coefficient (Wildman–Crippen LogP) is 0.654. The molecule has 2 aromatic rings. The fourth-order valence-corrected chi connectivity index (χ4v) is 4.58. The molecule has 5 nitrogen and oxygen atoms in total. The van der Waals surface area contributed by atoms with Crippen molar-refractivity contribution in [3.8, 4) is 17.2 Å². The molecule has 0 saturated carbocycles. The molecular weight excluding hydrogens is 662 g/mol. The number of hydrogen-bond acceptors (Lipinski definition) is 4. The molecule has 0 unspecified atom stereocenters. The molecule has 0 aliphatic heterocycles. The Labute approximate surface area is 202 Å². The number of carbonyl (C=O) groups is 1. The van der Waals surface area contributed by atoms with Gasteiger partial charge in [-0.05, 0) is 75.0 Å². The van der Waals surface area contributed by atoms with Crippen LogP contribution in [0.1, 0.15) is 9.49 Å². The molecule has 0 saturated heterocycles. The van der Waals surface area contributed by atoms with Crippen LogP contribution in [-0.4, -0.2) is 17.1 Å². The summed E-state index contributed by atoms with van der Waals surface area (Å²) in [5.74, 6) is 0.102. The van der Waals surface area contributed by atoms with Gasteiger partial charge in [0.25, 0.3) is 0 Å². The molecule has 2 atom stereocenters. The van der Waals surface area contributed by atoms with E-state index < -0.39 is 12.0 Å². The van der Waals surface area contributed by atoms with Crippen LogP contribution in [0.15, 0.2) is 36.4 Å². The first kappa shape index (κ1) is 22.7. The van der Waals surface area contributed by atoms with Gasteiger partial charge < -0.3 is 20.7 Å². The van der Waals surface area contributed by atoms with E-state index in [1.807, 2.05) is 34.7 Å². The summed E-state index contributed by atoms with van der Waals surface area (Å²) in [6, 6.07) is 8.84. The van der Waals surface area contributed by atoms with E-state index >= 15 is 0 Å². The van der Waals surface area contributed by atoms with Gasteiger partial charge in [0.1, 0.15) is 17.5 Å². The molecule has 9 heteroatoms. The number of rotatable bonds is 5. The first-order valence-corrected chi connectivity index (χ1v) is 9.76. The van der Waals surface area contributed by atoms with Crippen LogP contribution in [0.4, 0.5) is 0 Å². The number of ether oxygens (including phenoxy) is 1. The molecule has 0 radical (unpaired) electrons. The van der Waals surface area contributed by atoms with Crippen molar-refractivity contribution in [1.29, 1.82) is 0 Å². The largest absolute Gasteiger partial charge is 1.00 e. The first-order valence-electron chi connectivity index (χ1n) is 6.36. The van der Waals surface area contributed by atoms with E-state index in [0.717, 1.165) is 12.7 Å². The van der Waals surface area contributed by atoms with Gasteiger partial charge in [-0.25, -0.2) is 0 Å². The van der Waals surface area contributed by atoms with Crippen molar-refractivity contribution in [3.05, 3.63) is 49.1 Å². The minimum atomic E-state index is -1.03. The van der Waals surface area contributed by atoms with Crippen LogP contribution in [0, 0.1) is 7.14 Å². The summed E-state index contributed by atoms with van der Waals surface area (Å²) < 4.78 is 7.15. The number of alkyl halides is 1. The average Bonchev–Trinajstić information content (AvgIpc) is 2.51. The smallest absolute Gasteiger partial charge is 0.872 e. The number of benzene rings is 2. The molecule has 24 heavy (non-hydrogen) atoms. The molecule has 122 valence electrons. The van der Waals surface area contributed by atoms with Crippen molar-refractivity contribution in [2.24, 2.45) is 5.73 Å². The fraction of sp³-hybridized carbons (Fsp3) is 0.133. The van der Waals surface area contributed by atoms with E-state index in [1.165, 1.54) is 12.1 Å². The molecular formula is C15H11I3NNaO4. The van der Waals surface area contributed by atoms with Gasteiger partial charge in [-0.15, -0.1) is 5.75 Å². The molecule has 2 aromatic carbocycles. The van der Waals surface area contributed by atoms with E-state index in [0.29, 0.717) is 11.5 Å². The number of hydrogen-bond donors (Lipinski definition) is 2. The Morgan fingerprint density at radius 2 is 1.75 bits per heavy atom. The van der Waals surface area contributed by atoms with Crippen molar-refractivity contribution < 1.29 is 49.3 Å². The van der Waals surface area contributed by atoms with Crippen LogP contribution < -0.4 is 45.1 Å². The molecule has 0 bridgehead atoms. The summed E-state index contributed by atoms with van der Waals surface area (Å²) >= 11 is 6.31. The standard InChI is InChI=1S/C15H12I3NO4.Na/c16-10-6-12(23-8-3-1-7(20)2-4-8)11(17)5-9(10)13(18)14(19)15(21)22;/h1-6,13-14,20H,19H2,(H,21,22);/q;+1/p-1/t13-,14-;/m0./s1. The Morgan fingerprint density at radius 3 is 2.29 bits per heavy atom. The molecule has 0 aromatic heterocycles. The van der Waals surface area contributed by atoms with Gasteiger partial charge in [-0.1, -0.05) is 34.7 Å². The van der Waals surface area contributed by atoms with E-state index in [9.17, 15) is 9.90 Å². The third-order valence-electron chi connectivity index (χ3n) is 3.00. The normalized spacial score (nSPS) is 12.8. The zero-order chi connectivity index (χ0) is 17.1. The van der Waals surface area contributed by atoms with Crippen molar-refractivity contribution in [1.82, 2.24) is 0 Å². The van der Waals surface area contributed by atoms with Gasteiger partial charge in [0.05, 0.1) is 7.49 Å². The molecule has 2 rings (SSSR count). The minimum absolute atomic E-state index is 0. The van der Waals surface area contributed by atoms with Crippen LogP contribution in [0.2, 0.25) is 0 Å². The first-order chi connectivity index (χ1) is 10.8. The van der Waals surface area contributed by atoms with Gasteiger partial charge >= 0.3 is 35.5 Å². The number of halogens is 3. The third-order valence-corrected chi connectivity index (χ3v) is 6.22.